The second kappa shape index (κ2) is 24.3. The molecular formula is C47H78N8O8. The van der Waals surface area contributed by atoms with Crippen molar-refractivity contribution in [2.45, 2.75) is 136 Å². The van der Waals surface area contributed by atoms with E-state index in [4.69, 9.17) is 20.0 Å². The summed E-state index contributed by atoms with van der Waals surface area (Å²) in [6.07, 6.45) is 4.51. The van der Waals surface area contributed by atoms with Gasteiger partial charge in [-0.25, -0.2) is 5.06 Å². The molecule has 2 aliphatic rings. The Kier molecular flexibility index (Phi) is 19.9. The Bertz CT molecular complexity index is 1800. The van der Waals surface area contributed by atoms with Crippen molar-refractivity contribution >= 4 is 40.4 Å². The first kappa shape index (κ1) is 51.5. The van der Waals surface area contributed by atoms with Crippen LogP contribution in [0.25, 0.3) is 10.9 Å². The summed E-state index contributed by atoms with van der Waals surface area (Å²) >= 11 is 0. The molecule has 0 saturated carbocycles. The van der Waals surface area contributed by atoms with Crippen LogP contribution in [0.15, 0.2) is 30.5 Å². The number of hydrogen-bond acceptors (Lipinski definition) is 10. The van der Waals surface area contributed by atoms with Gasteiger partial charge in [0.25, 0.3) is 5.91 Å². The maximum absolute atomic E-state index is 14.5. The van der Waals surface area contributed by atoms with E-state index in [1.165, 1.54) is 5.06 Å². The standard InChI is InChI=1S/C47H78N8O8/c1-12-31(6)42(53(9)47(60)40(29(2)3)51-45(58)41(30(4)5)52(8)24-21-48)38(61-10)27-39(56)54-22-17-20-37(54)43(62-11)32(7)44(57)50-36(46(59)55-23-15-16-25-63-55)26-33-28-49-35-19-14-13-18-34(33)35/h13-14,18-19,28-32,36-38,40-43,49H,12,15-17,20-27,48H2,1-11H3,(H,50,57)(H,51,58)/t31-,32+,36-,37-,38+,40-,41-,42-,43+/m0/s1. The lowest BCUT2D eigenvalue weighted by Gasteiger charge is -2.41. The second-order valence-electron chi connectivity index (χ2n) is 18.4. The van der Waals surface area contributed by atoms with Crippen molar-refractivity contribution in [3.63, 3.8) is 0 Å². The zero-order valence-corrected chi connectivity index (χ0v) is 39.9. The number of nitrogens with two attached hydrogens (primary N) is 1. The van der Waals surface area contributed by atoms with Gasteiger partial charge in [-0.1, -0.05) is 73.1 Å². The highest BCUT2D eigenvalue weighted by atomic mass is 16.7. The molecule has 16 heteroatoms. The normalized spacial score (nSPS) is 19.7. The zero-order valence-electron chi connectivity index (χ0n) is 39.9. The van der Waals surface area contributed by atoms with Crippen LogP contribution >= 0.6 is 0 Å². The zero-order chi connectivity index (χ0) is 46.5. The van der Waals surface area contributed by atoms with Gasteiger partial charge in [0.2, 0.25) is 23.6 Å². The molecule has 5 N–H and O–H groups in total. The number of hydrogen-bond donors (Lipinski definition) is 4. The van der Waals surface area contributed by atoms with Crippen LogP contribution in [-0.2, 0) is 44.7 Å². The topological polar surface area (TPSA) is 192 Å². The molecule has 16 nitrogen and oxygen atoms in total. The van der Waals surface area contributed by atoms with E-state index in [1.54, 1.807) is 38.0 Å². The van der Waals surface area contributed by atoms with Gasteiger partial charge in [-0.3, -0.25) is 33.7 Å². The lowest BCUT2D eigenvalue weighted by Crippen LogP contribution is -2.60. The fraction of sp³-hybridized carbons (Fsp3) is 0.723. The number of likely N-dealkylation sites (N-methyl/N-ethyl adjacent to an activating group) is 2. The molecule has 1 aromatic carbocycles. The maximum atomic E-state index is 14.5. The fourth-order valence-electron chi connectivity index (χ4n) is 9.60. The number of carbonyl (C=O) groups excluding carboxylic acids is 5. The van der Waals surface area contributed by atoms with E-state index >= 15 is 0 Å². The molecule has 0 spiro atoms. The first-order chi connectivity index (χ1) is 30.0. The van der Waals surface area contributed by atoms with Crippen LogP contribution in [0.4, 0.5) is 0 Å². The van der Waals surface area contributed by atoms with Gasteiger partial charge in [0.1, 0.15) is 12.1 Å². The summed E-state index contributed by atoms with van der Waals surface area (Å²) in [7, 11) is 6.70. The minimum Gasteiger partial charge on any atom is -0.379 e. The number of hydroxylamine groups is 2. The van der Waals surface area contributed by atoms with Crippen molar-refractivity contribution in [2.75, 3.05) is 61.1 Å². The predicted octanol–water partition coefficient (Wildman–Crippen LogP) is 3.73. The van der Waals surface area contributed by atoms with Crippen molar-refractivity contribution < 1.29 is 38.3 Å². The SMILES string of the molecule is CC[C@H](C)[C@@H]([C@@H](CC(=O)N1CCC[C@H]1[C@H](OC)[C@@H](C)C(=O)N[C@@H](Cc1c[nH]c2ccccc12)C(=O)N1CCCCO1)OC)N(C)C(=O)[C@@H](NC(=O)[C@H](C(C)C)N(C)CCN)C(C)C. The lowest BCUT2D eigenvalue weighted by molar-refractivity contribution is -0.199. The number of nitrogens with zero attached hydrogens (tertiary/aromatic N) is 4. The van der Waals surface area contributed by atoms with E-state index in [1.807, 2.05) is 84.0 Å². The number of carbonyl (C=O) groups is 5. The van der Waals surface area contributed by atoms with Crippen LogP contribution in [0.2, 0.25) is 0 Å². The third-order valence-corrected chi connectivity index (χ3v) is 13.3. The average molecular weight is 883 g/mol. The summed E-state index contributed by atoms with van der Waals surface area (Å²) in [4.78, 5) is 85.2. The van der Waals surface area contributed by atoms with Crippen molar-refractivity contribution in [1.29, 1.82) is 0 Å². The van der Waals surface area contributed by atoms with Crippen LogP contribution in [-0.4, -0.2) is 158 Å². The lowest BCUT2D eigenvalue weighted by atomic mass is 9.89. The molecule has 2 saturated heterocycles. The Hall–Kier alpha value is -4.09. The summed E-state index contributed by atoms with van der Waals surface area (Å²) in [6, 6.07) is 4.76. The largest absolute Gasteiger partial charge is 0.379 e. The molecule has 354 valence electrons. The highest BCUT2D eigenvalue weighted by molar-refractivity contribution is 5.91. The van der Waals surface area contributed by atoms with Crippen LogP contribution in [0.1, 0.15) is 92.6 Å². The van der Waals surface area contributed by atoms with Gasteiger partial charge >= 0.3 is 0 Å². The number of benzene rings is 1. The molecule has 2 aliphatic heterocycles. The van der Waals surface area contributed by atoms with E-state index in [-0.39, 0.29) is 60.1 Å². The number of aromatic nitrogens is 1. The molecule has 9 atom stereocenters. The van der Waals surface area contributed by atoms with Gasteiger partial charge in [-0.2, -0.15) is 0 Å². The molecule has 2 fully saturated rings. The Morgan fingerprint density at radius 1 is 0.937 bits per heavy atom. The van der Waals surface area contributed by atoms with E-state index in [9.17, 15) is 24.0 Å². The minimum absolute atomic E-state index is 0.00825. The highest BCUT2D eigenvalue weighted by Gasteiger charge is 2.44. The van der Waals surface area contributed by atoms with Crippen molar-refractivity contribution in [1.82, 2.24) is 35.4 Å². The molecule has 4 rings (SSSR count). The number of nitrogens with one attached hydrogen (secondary N) is 3. The third kappa shape index (κ3) is 12.8. The number of ether oxygens (including phenoxy) is 2. The molecule has 3 heterocycles. The van der Waals surface area contributed by atoms with E-state index < -0.39 is 48.3 Å². The van der Waals surface area contributed by atoms with Gasteiger partial charge in [0.05, 0.1) is 49.3 Å². The number of fused-ring (bicyclic) bond motifs is 1. The van der Waals surface area contributed by atoms with Gasteiger partial charge in [0, 0.05) is 71.0 Å². The highest BCUT2D eigenvalue weighted by Crippen LogP contribution is 2.30. The summed E-state index contributed by atoms with van der Waals surface area (Å²) in [6.45, 7) is 15.9. The van der Waals surface area contributed by atoms with Crippen molar-refractivity contribution in [3.05, 3.63) is 36.0 Å². The number of likely N-dealkylation sites (tertiary alicyclic amines) is 1. The van der Waals surface area contributed by atoms with Crippen LogP contribution in [0.3, 0.4) is 0 Å². The molecule has 0 radical (unpaired) electrons. The molecule has 1 aromatic heterocycles. The fourth-order valence-corrected chi connectivity index (χ4v) is 9.60. The van der Waals surface area contributed by atoms with Crippen LogP contribution in [0, 0.1) is 23.7 Å². The van der Waals surface area contributed by atoms with E-state index in [2.05, 4.69) is 15.6 Å². The third-order valence-electron chi connectivity index (χ3n) is 13.3. The second-order valence-corrected chi connectivity index (χ2v) is 18.4. The van der Waals surface area contributed by atoms with Crippen LogP contribution in [0.5, 0.6) is 0 Å². The maximum Gasteiger partial charge on any atom is 0.269 e. The summed E-state index contributed by atoms with van der Waals surface area (Å²) < 4.78 is 12.1. The van der Waals surface area contributed by atoms with Gasteiger partial charge in [0.15, 0.2) is 0 Å². The van der Waals surface area contributed by atoms with E-state index in [0.717, 1.165) is 35.7 Å². The van der Waals surface area contributed by atoms with Gasteiger partial charge in [-0.05, 0) is 62.1 Å². The summed E-state index contributed by atoms with van der Waals surface area (Å²) in [5.74, 6) is -2.34. The minimum atomic E-state index is -0.895. The Labute approximate surface area is 375 Å². The molecule has 0 aliphatic carbocycles. The molecular weight excluding hydrogens is 805 g/mol. The Morgan fingerprint density at radius 2 is 1.65 bits per heavy atom. The smallest absolute Gasteiger partial charge is 0.269 e. The average Bonchev–Trinajstić information content (AvgIpc) is 3.92. The number of H-pyrrole nitrogens is 1. The number of para-hydroxylation sites is 1. The first-order valence-corrected chi connectivity index (χ1v) is 23.1. The molecule has 0 unspecified atom stereocenters. The number of amides is 5. The van der Waals surface area contributed by atoms with Crippen molar-refractivity contribution in [2.24, 2.45) is 29.4 Å². The molecule has 63 heavy (non-hydrogen) atoms. The van der Waals surface area contributed by atoms with Gasteiger partial charge < -0.3 is 40.6 Å². The Morgan fingerprint density at radius 3 is 2.25 bits per heavy atom. The van der Waals surface area contributed by atoms with Gasteiger partial charge in [-0.15, -0.1) is 0 Å². The predicted molar refractivity (Wildman–Crippen MR) is 244 cm³/mol. The summed E-state index contributed by atoms with van der Waals surface area (Å²) in [5.41, 5.74) is 7.65. The Balaban J connectivity index is 1.51. The van der Waals surface area contributed by atoms with Crippen LogP contribution < -0.4 is 16.4 Å². The molecule has 0 bridgehead atoms. The first-order valence-electron chi connectivity index (χ1n) is 23.1. The number of aromatic amines is 1. The molecule has 2 aromatic rings. The van der Waals surface area contributed by atoms with E-state index in [0.29, 0.717) is 45.6 Å². The molecule has 5 amide bonds. The summed E-state index contributed by atoms with van der Waals surface area (Å²) in [5, 5.41) is 8.46. The number of rotatable bonds is 23. The monoisotopic (exact) mass is 883 g/mol. The van der Waals surface area contributed by atoms with Crippen molar-refractivity contribution in [3.8, 4) is 0 Å². The quantitative estimate of drug-likeness (QED) is 0.128. The number of methoxy groups -OCH3 is 2.